The molecule has 2 aliphatic rings. The monoisotopic (exact) mass is 313 g/mol. The van der Waals surface area contributed by atoms with E-state index in [0.29, 0.717) is 18.9 Å². The van der Waals surface area contributed by atoms with E-state index < -0.39 is 0 Å². The van der Waals surface area contributed by atoms with Gasteiger partial charge < -0.3 is 9.64 Å². The summed E-state index contributed by atoms with van der Waals surface area (Å²) in [5, 5.41) is 8.75. The van der Waals surface area contributed by atoms with Gasteiger partial charge in [0.15, 0.2) is 0 Å². The number of carbonyl (C=O) groups is 1. The highest BCUT2D eigenvalue weighted by molar-refractivity contribution is 6.02. The predicted octanol–water partition coefficient (Wildman–Crippen LogP) is 3.42. The highest BCUT2D eigenvalue weighted by atomic mass is 16.5. The van der Waals surface area contributed by atoms with Gasteiger partial charge in [-0.05, 0) is 56.4 Å². The SMILES string of the molecule is C/C(=N/N=C(\C)c1ccc2c(c1)N(C)C(=O)CCO2)C1CCC1. The standard InChI is InChI=1S/C18H23N3O2/c1-12(14-5-4-6-14)19-20-13(2)15-7-8-17-16(11-15)21(3)18(22)9-10-23-17/h7-8,11,14H,4-6,9-10H2,1-3H3/b19-12-,20-13+. The van der Waals surface area contributed by atoms with Crippen molar-refractivity contribution in [2.24, 2.45) is 16.1 Å². The number of nitrogens with zero attached hydrogens (tertiary/aromatic N) is 3. The molecule has 0 unspecified atom stereocenters. The zero-order valence-electron chi connectivity index (χ0n) is 14.0. The number of hydrogen-bond donors (Lipinski definition) is 0. The molecule has 0 radical (unpaired) electrons. The lowest BCUT2D eigenvalue weighted by Crippen LogP contribution is -2.25. The molecule has 5 heteroatoms. The van der Waals surface area contributed by atoms with Crippen LogP contribution in [0.5, 0.6) is 5.75 Å². The molecule has 1 aromatic rings. The second-order valence-corrected chi connectivity index (χ2v) is 6.29. The minimum absolute atomic E-state index is 0.0642. The quantitative estimate of drug-likeness (QED) is 0.634. The van der Waals surface area contributed by atoms with E-state index in [9.17, 15) is 4.79 Å². The molecule has 1 amide bonds. The van der Waals surface area contributed by atoms with Crippen molar-refractivity contribution in [1.29, 1.82) is 0 Å². The lowest BCUT2D eigenvalue weighted by atomic mass is 9.82. The van der Waals surface area contributed by atoms with Crippen LogP contribution in [0, 0.1) is 5.92 Å². The lowest BCUT2D eigenvalue weighted by Gasteiger charge is -2.24. The molecule has 0 N–H and O–H groups in total. The average Bonchev–Trinajstić information content (AvgIpc) is 2.63. The summed E-state index contributed by atoms with van der Waals surface area (Å²) in [6.07, 6.45) is 4.16. The number of benzene rings is 1. The van der Waals surface area contributed by atoms with Crippen molar-refractivity contribution in [3.05, 3.63) is 23.8 Å². The van der Waals surface area contributed by atoms with Gasteiger partial charge in [-0.15, -0.1) is 0 Å². The molecule has 1 heterocycles. The van der Waals surface area contributed by atoms with E-state index in [1.165, 1.54) is 19.3 Å². The van der Waals surface area contributed by atoms with Gasteiger partial charge in [0.05, 0.1) is 24.4 Å². The minimum Gasteiger partial charge on any atom is -0.491 e. The van der Waals surface area contributed by atoms with E-state index in [2.05, 4.69) is 17.1 Å². The Kier molecular flexibility index (Phi) is 4.46. The smallest absolute Gasteiger partial charge is 0.230 e. The van der Waals surface area contributed by atoms with Gasteiger partial charge in [0.2, 0.25) is 5.91 Å². The summed E-state index contributed by atoms with van der Waals surface area (Å²) in [5.74, 6) is 1.41. The molecule has 122 valence electrons. The van der Waals surface area contributed by atoms with E-state index in [4.69, 9.17) is 4.74 Å². The molecule has 23 heavy (non-hydrogen) atoms. The zero-order valence-corrected chi connectivity index (χ0v) is 14.0. The van der Waals surface area contributed by atoms with Crippen LogP contribution in [-0.4, -0.2) is 31.0 Å². The molecule has 1 aromatic carbocycles. The zero-order chi connectivity index (χ0) is 16.4. The molecule has 0 aromatic heterocycles. The van der Waals surface area contributed by atoms with Crippen molar-refractivity contribution in [1.82, 2.24) is 0 Å². The molecule has 0 bridgehead atoms. The maximum absolute atomic E-state index is 12.0. The summed E-state index contributed by atoms with van der Waals surface area (Å²) in [6.45, 7) is 4.42. The van der Waals surface area contributed by atoms with Crippen LogP contribution in [-0.2, 0) is 4.79 Å². The van der Waals surface area contributed by atoms with Gasteiger partial charge in [0.1, 0.15) is 5.75 Å². The van der Waals surface area contributed by atoms with Gasteiger partial charge in [-0.3, -0.25) is 4.79 Å². The molecule has 0 spiro atoms. The van der Waals surface area contributed by atoms with E-state index in [0.717, 1.165) is 28.4 Å². The Hall–Kier alpha value is -2.17. The highest BCUT2D eigenvalue weighted by Gasteiger charge is 2.21. The van der Waals surface area contributed by atoms with Crippen LogP contribution in [0.1, 0.15) is 45.1 Å². The van der Waals surface area contributed by atoms with Crippen LogP contribution >= 0.6 is 0 Å². The normalized spacial score (nSPS) is 19.8. The van der Waals surface area contributed by atoms with Crippen molar-refractivity contribution in [2.75, 3.05) is 18.6 Å². The summed E-state index contributed by atoms with van der Waals surface area (Å²) < 4.78 is 5.65. The van der Waals surface area contributed by atoms with Gasteiger partial charge in [0.25, 0.3) is 0 Å². The van der Waals surface area contributed by atoms with E-state index in [1.807, 2.05) is 25.1 Å². The Morgan fingerprint density at radius 1 is 1.26 bits per heavy atom. The fourth-order valence-corrected chi connectivity index (χ4v) is 2.80. The van der Waals surface area contributed by atoms with Crippen LogP contribution in [0.2, 0.25) is 0 Å². The summed E-state index contributed by atoms with van der Waals surface area (Å²) in [6, 6.07) is 5.82. The number of fused-ring (bicyclic) bond motifs is 1. The highest BCUT2D eigenvalue weighted by Crippen LogP contribution is 2.32. The minimum atomic E-state index is 0.0642. The largest absolute Gasteiger partial charge is 0.491 e. The number of hydrogen-bond acceptors (Lipinski definition) is 4. The van der Waals surface area contributed by atoms with Gasteiger partial charge in [0, 0.05) is 12.8 Å². The molecular weight excluding hydrogens is 290 g/mol. The van der Waals surface area contributed by atoms with E-state index >= 15 is 0 Å². The van der Waals surface area contributed by atoms with E-state index in [1.54, 1.807) is 11.9 Å². The molecule has 1 fully saturated rings. The van der Waals surface area contributed by atoms with Crippen molar-refractivity contribution >= 4 is 23.0 Å². The number of carbonyl (C=O) groups excluding carboxylic acids is 1. The third-order valence-electron chi connectivity index (χ3n) is 4.74. The summed E-state index contributed by atoms with van der Waals surface area (Å²) in [4.78, 5) is 13.6. The first kappa shape index (κ1) is 15.7. The molecule has 5 nitrogen and oxygen atoms in total. The molecule has 0 saturated heterocycles. The first-order valence-corrected chi connectivity index (χ1v) is 8.19. The molecular formula is C18H23N3O2. The van der Waals surface area contributed by atoms with Crippen molar-refractivity contribution in [2.45, 2.75) is 39.5 Å². The van der Waals surface area contributed by atoms with Crippen LogP contribution in [0.25, 0.3) is 0 Å². The van der Waals surface area contributed by atoms with Gasteiger partial charge in [-0.25, -0.2) is 0 Å². The second-order valence-electron chi connectivity index (χ2n) is 6.29. The first-order chi connectivity index (χ1) is 11.1. The number of amides is 1. The third kappa shape index (κ3) is 3.28. The fourth-order valence-electron chi connectivity index (χ4n) is 2.80. The Balaban J connectivity index is 1.85. The summed E-state index contributed by atoms with van der Waals surface area (Å²) in [7, 11) is 1.78. The van der Waals surface area contributed by atoms with Crippen molar-refractivity contribution in [3.63, 3.8) is 0 Å². The Morgan fingerprint density at radius 2 is 2.04 bits per heavy atom. The van der Waals surface area contributed by atoms with Crippen LogP contribution < -0.4 is 9.64 Å². The number of ether oxygens (including phenoxy) is 1. The molecule has 3 rings (SSSR count). The molecule has 1 aliphatic carbocycles. The lowest BCUT2D eigenvalue weighted by molar-refractivity contribution is -0.118. The van der Waals surface area contributed by atoms with E-state index in [-0.39, 0.29) is 5.91 Å². The Labute approximate surface area is 137 Å². The Bertz CT molecular complexity index is 675. The topological polar surface area (TPSA) is 54.3 Å². The van der Waals surface area contributed by atoms with Gasteiger partial charge in [-0.2, -0.15) is 10.2 Å². The summed E-state index contributed by atoms with van der Waals surface area (Å²) >= 11 is 0. The third-order valence-corrected chi connectivity index (χ3v) is 4.74. The average molecular weight is 313 g/mol. The van der Waals surface area contributed by atoms with Crippen LogP contribution in [0.4, 0.5) is 5.69 Å². The van der Waals surface area contributed by atoms with Crippen molar-refractivity contribution in [3.8, 4) is 5.75 Å². The van der Waals surface area contributed by atoms with Gasteiger partial charge in [-0.1, -0.05) is 6.42 Å². The van der Waals surface area contributed by atoms with Crippen molar-refractivity contribution < 1.29 is 9.53 Å². The molecule has 1 aliphatic heterocycles. The summed E-state index contributed by atoms with van der Waals surface area (Å²) in [5.41, 5.74) is 3.70. The molecule has 1 saturated carbocycles. The number of anilines is 1. The van der Waals surface area contributed by atoms with Crippen LogP contribution in [0.3, 0.4) is 0 Å². The maximum Gasteiger partial charge on any atom is 0.230 e. The number of rotatable bonds is 3. The van der Waals surface area contributed by atoms with Gasteiger partial charge >= 0.3 is 0 Å². The maximum atomic E-state index is 12.0. The Morgan fingerprint density at radius 3 is 2.74 bits per heavy atom. The van der Waals surface area contributed by atoms with Crippen LogP contribution in [0.15, 0.2) is 28.4 Å². The second kappa shape index (κ2) is 6.52. The molecule has 0 atom stereocenters. The predicted molar refractivity (Wildman–Crippen MR) is 92.6 cm³/mol. The first-order valence-electron chi connectivity index (χ1n) is 8.19. The fraction of sp³-hybridized carbons (Fsp3) is 0.500.